The predicted octanol–water partition coefficient (Wildman–Crippen LogP) is 17.4. The Kier molecular flexibility index (Phi) is 29.5. The molecule has 282 valence electrons. The summed E-state index contributed by atoms with van der Waals surface area (Å²) in [6.45, 7) is 27.2. The lowest BCUT2D eigenvalue weighted by Gasteiger charge is -2.07. The van der Waals surface area contributed by atoms with E-state index in [2.05, 4.69) is 150 Å². The maximum atomic E-state index is 2.47. The predicted molar refractivity (Wildman–Crippen MR) is 232 cm³/mol. The van der Waals surface area contributed by atoms with Crippen molar-refractivity contribution < 1.29 is 0 Å². The van der Waals surface area contributed by atoms with E-state index in [9.17, 15) is 0 Å². The van der Waals surface area contributed by atoms with Crippen LogP contribution in [0.4, 0.5) is 0 Å². The molecule has 1 atom stereocenters. The molecule has 0 saturated carbocycles. The van der Waals surface area contributed by atoms with E-state index in [0.29, 0.717) is 5.92 Å². The van der Waals surface area contributed by atoms with Crippen LogP contribution in [0.1, 0.15) is 192 Å². The Morgan fingerprint density at radius 3 is 0.960 bits per heavy atom. The minimum absolute atomic E-state index is 0.623. The third-order valence-corrected chi connectivity index (χ3v) is 9.71. The highest BCUT2D eigenvalue weighted by Crippen LogP contribution is 2.18. The molecule has 0 heteroatoms. The summed E-state index contributed by atoms with van der Waals surface area (Å²) >= 11 is 0. The molecule has 0 heterocycles. The van der Waals surface area contributed by atoms with Gasteiger partial charge in [0, 0.05) is 0 Å². The maximum absolute atomic E-state index is 2.47. The van der Waals surface area contributed by atoms with Crippen molar-refractivity contribution in [2.24, 2.45) is 5.92 Å². The van der Waals surface area contributed by atoms with Gasteiger partial charge in [-0.15, -0.1) is 0 Å². The van der Waals surface area contributed by atoms with Crippen molar-refractivity contribution in [1.29, 1.82) is 0 Å². The van der Waals surface area contributed by atoms with Gasteiger partial charge in [-0.3, -0.25) is 0 Å². The summed E-state index contributed by atoms with van der Waals surface area (Å²) < 4.78 is 0. The van der Waals surface area contributed by atoms with Crippen LogP contribution in [0.25, 0.3) is 0 Å². The SMILES string of the molecule is C/C=C(\C)CC/C=C(\C)CC/C=C(\C)CC/C=C(\C)CC/C=C(\C)CC/C=C(\C)CC/C=C(\C)CC/C=C(\C)CC(C)/C=C/CCC=C(C)C. The second-order valence-electron chi connectivity index (χ2n) is 15.7. The van der Waals surface area contributed by atoms with E-state index < -0.39 is 0 Å². The number of hydrogen-bond donors (Lipinski definition) is 0. The summed E-state index contributed by atoms with van der Waals surface area (Å²) in [5, 5.41) is 0. The van der Waals surface area contributed by atoms with Gasteiger partial charge in [0.15, 0.2) is 0 Å². The van der Waals surface area contributed by atoms with Crippen molar-refractivity contribution in [1.82, 2.24) is 0 Å². The summed E-state index contributed by atoms with van der Waals surface area (Å²) in [7, 11) is 0. The number of hydrogen-bond acceptors (Lipinski definition) is 0. The van der Waals surface area contributed by atoms with Crippen LogP contribution >= 0.6 is 0 Å². The van der Waals surface area contributed by atoms with Crippen molar-refractivity contribution in [3.8, 4) is 0 Å². The normalized spacial score (nSPS) is 15.4. The lowest BCUT2D eigenvalue weighted by molar-refractivity contribution is 0.708. The Balaban J connectivity index is 4.25. The Morgan fingerprint density at radius 2 is 0.660 bits per heavy atom. The number of allylic oxidation sites excluding steroid dienone is 20. The van der Waals surface area contributed by atoms with Gasteiger partial charge in [-0.25, -0.2) is 0 Å². The van der Waals surface area contributed by atoms with E-state index >= 15 is 0 Å². The van der Waals surface area contributed by atoms with E-state index in [1.165, 1.54) is 121 Å². The summed E-state index contributed by atoms with van der Waals surface area (Å²) in [5.74, 6) is 0.623. The average Bonchev–Trinajstić information content (AvgIpc) is 3.04. The molecule has 0 rings (SSSR count). The van der Waals surface area contributed by atoms with Crippen molar-refractivity contribution in [2.45, 2.75) is 192 Å². The van der Waals surface area contributed by atoms with Gasteiger partial charge in [0.25, 0.3) is 0 Å². The van der Waals surface area contributed by atoms with Gasteiger partial charge >= 0.3 is 0 Å². The first-order valence-electron chi connectivity index (χ1n) is 20.3. The van der Waals surface area contributed by atoms with Gasteiger partial charge in [-0.2, -0.15) is 0 Å². The molecule has 0 saturated heterocycles. The molecule has 0 aromatic carbocycles. The fourth-order valence-electron chi connectivity index (χ4n) is 6.04. The van der Waals surface area contributed by atoms with Crippen LogP contribution in [0.5, 0.6) is 0 Å². The molecule has 0 aromatic heterocycles. The van der Waals surface area contributed by atoms with Crippen LogP contribution in [0, 0.1) is 5.92 Å². The molecule has 0 aliphatic heterocycles. The Bertz CT molecular complexity index is 1220. The highest BCUT2D eigenvalue weighted by Gasteiger charge is 2.00. The van der Waals surface area contributed by atoms with Gasteiger partial charge in [0.2, 0.25) is 0 Å². The molecule has 0 fully saturated rings. The van der Waals surface area contributed by atoms with Crippen molar-refractivity contribution in [3.05, 3.63) is 117 Å². The van der Waals surface area contributed by atoms with Crippen LogP contribution in [-0.2, 0) is 0 Å². The van der Waals surface area contributed by atoms with Crippen molar-refractivity contribution >= 4 is 0 Å². The Morgan fingerprint density at radius 1 is 0.360 bits per heavy atom. The van der Waals surface area contributed by atoms with Gasteiger partial charge in [0.05, 0.1) is 0 Å². The molecular formula is C50H82. The zero-order valence-electron chi connectivity index (χ0n) is 35.4. The number of rotatable bonds is 27. The molecule has 0 bridgehead atoms. The van der Waals surface area contributed by atoms with Gasteiger partial charge in [-0.05, 0) is 191 Å². The number of unbranched alkanes of at least 4 members (excludes halogenated alkanes) is 1. The fraction of sp³-hybridized carbons (Fsp3) is 0.600. The van der Waals surface area contributed by atoms with Crippen LogP contribution in [0.3, 0.4) is 0 Å². The second-order valence-corrected chi connectivity index (χ2v) is 15.7. The minimum Gasteiger partial charge on any atom is -0.0887 e. The zero-order chi connectivity index (χ0) is 37.6. The molecule has 50 heavy (non-hydrogen) atoms. The molecule has 0 radical (unpaired) electrons. The van der Waals surface area contributed by atoms with E-state index in [4.69, 9.17) is 0 Å². The quantitative estimate of drug-likeness (QED) is 0.0597. The highest BCUT2D eigenvalue weighted by molar-refractivity contribution is 5.10. The van der Waals surface area contributed by atoms with Gasteiger partial charge < -0.3 is 0 Å². The Hall–Kier alpha value is -2.60. The molecule has 0 aliphatic carbocycles. The van der Waals surface area contributed by atoms with Crippen molar-refractivity contribution in [3.63, 3.8) is 0 Å². The molecule has 0 aliphatic rings. The summed E-state index contributed by atoms with van der Waals surface area (Å²) in [6, 6.07) is 0. The van der Waals surface area contributed by atoms with Gasteiger partial charge in [-0.1, -0.05) is 124 Å². The highest BCUT2D eigenvalue weighted by atomic mass is 14.1. The molecule has 0 spiro atoms. The Labute approximate surface area is 314 Å². The molecule has 0 nitrogen and oxygen atoms in total. The summed E-state index contributed by atoms with van der Waals surface area (Å²) in [4.78, 5) is 0. The first-order chi connectivity index (χ1) is 23.8. The first kappa shape index (κ1) is 47.4. The molecule has 0 amide bonds. The van der Waals surface area contributed by atoms with E-state index in [0.717, 1.165) is 38.5 Å². The minimum atomic E-state index is 0.623. The lowest BCUT2D eigenvalue weighted by atomic mass is 9.99. The third-order valence-electron chi connectivity index (χ3n) is 9.71. The van der Waals surface area contributed by atoms with E-state index in [1.807, 2.05) is 0 Å². The topological polar surface area (TPSA) is 0 Å². The molecule has 1 unspecified atom stereocenters. The maximum Gasteiger partial charge on any atom is -0.0225 e. The fourth-order valence-corrected chi connectivity index (χ4v) is 6.04. The monoisotopic (exact) mass is 683 g/mol. The molecular weight excluding hydrogens is 601 g/mol. The molecule has 0 N–H and O–H groups in total. The third kappa shape index (κ3) is 31.4. The van der Waals surface area contributed by atoms with Crippen LogP contribution in [0.2, 0.25) is 0 Å². The standard InChI is InChI=1S/C50H82/c1-13-42(4)26-17-27-43(5)28-18-29-44(6)30-19-31-45(7)32-20-33-46(8)34-21-35-47(9)36-22-37-48(10)38-23-39-50(12)40-49(11)25-16-14-15-24-41(2)3/h13,16,24-25,27,29,31,33,35,37,39,49H,14-15,17-23,26,28,30,32,34,36,38,40H2,1-12H3/b25-16+,42-13+,43-27+,44-29+,45-31+,46-33+,47-35+,48-37+,50-39+. The van der Waals surface area contributed by atoms with E-state index in [-0.39, 0.29) is 0 Å². The summed E-state index contributed by atoms with van der Waals surface area (Å²) in [6.07, 6.45) is 46.4. The smallest absolute Gasteiger partial charge is 0.0225 e. The zero-order valence-corrected chi connectivity index (χ0v) is 35.4. The average molecular weight is 683 g/mol. The lowest BCUT2D eigenvalue weighted by Crippen LogP contribution is -1.91. The van der Waals surface area contributed by atoms with Crippen LogP contribution in [0.15, 0.2) is 117 Å². The first-order valence-corrected chi connectivity index (χ1v) is 20.3. The molecule has 0 aromatic rings. The van der Waals surface area contributed by atoms with Crippen LogP contribution in [-0.4, -0.2) is 0 Å². The van der Waals surface area contributed by atoms with Crippen molar-refractivity contribution in [2.75, 3.05) is 0 Å². The summed E-state index contributed by atoms with van der Waals surface area (Å²) in [5.41, 5.74) is 13.6. The second kappa shape index (κ2) is 31.2. The van der Waals surface area contributed by atoms with Crippen LogP contribution < -0.4 is 0 Å². The van der Waals surface area contributed by atoms with Gasteiger partial charge in [0.1, 0.15) is 0 Å². The largest absolute Gasteiger partial charge is 0.0887 e. The van der Waals surface area contributed by atoms with E-state index in [1.54, 1.807) is 0 Å².